The number of hydrogen-bond donors (Lipinski definition) is 1. The first-order chi connectivity index (χ1) is 10.2. The molecule has 2 heterocycles. The molecule has 0 atom stereocenters. The van der Waals surface area contributed by atoms with E-state index in [-0.39, 0.29) is 6.79 Å². The molecule has 3 rings (SSSR count). The van der Waals surface area contributed by atoms with Crippen LogP contribution in [0.15, 0.2) is 12.1 Å². The Morgan fingerprint density at radius 2 is 2.05 bits per heavy atom. The van der Waals surface area contributed by atoms with Gasteiger partial charge in [-0.15, -0.1) is 0 Å². The second-order valence-corrected chi connectivity index (χ2v) is 5.37. The number of nitrogens with zero attached hydrogens (tertiary/aromatic N) is 2. The van der Waals surface area contributed by atoms with E-state index in [0.717, 1.165) is 34.9 Å². The molecule has 6 nitrogen and oxygen atoms in total. The smallest absolute Gasteiger partial charge is 0.231 e. The summed E-state index contributed by atoms with van der Waals surface area (Å²) < 4.78 is 18.6. The summed E-state index contributed by atoms with van der Waals surface area (Å²) in [4.78, 5) is 4.74. The van der Waals surface area contributed by atoms with Crippen molar-refractivity contribution >= 4 is 11.0 Å². The third-order valence-electron chi connectivity index (χ3n) is 3.51. The Morgan fingerprint density at radius 3 is 2.76 bits per heavy atom. The fourth-order valence-corrected chi connectivity index (χ4v) is 2.55. The van der Waals surface area contributed by atoms with Gasteiger partial charge in [-0.3, -0.25) is 0 Å². The van der Waals surface area contributed by atoms with E-state index in [1.54, 1.807) is 0 Å². The van der Waals surface area contributed by atoms with Crippen LogP contribution < -0.4 is 15.2 Å². The maximum atomic E-state index is 5.50. The molecule has 0 bridgehead atoms. The van der Waals surface area contributed by atoms with Crippen molar-refractivity contribution in [3.05, 3.63) is 18.0 Å². The second-order valence-electron chi connectivity index (χ2n) is 5.37. The molecule has 0 unspecified atom stereocenters. The number of rotatable bonds is 6. The van der Waals surface area contributed by atoms with E-state index in [1.165, 1.54) is 0 Å². The average molecular weight is 291 g/mol. The highest BCUT2D eigenvalue weighted by atomic mass is 16.7. The normalized spacial score (nSPS) is 13.5. The molecule has 0 amide bonds. The number of benzene rings is 1. The lowest BCUT2D eigenvalue weighted by Crippen LogP contribution is -2.14. The van der Waals surface area contributed by atoms with Gasteiger partial charge in [-0.25, -0.2) is 4.98 Å². The average Bonchev–Trinajstić information content (AvgIpc) is 3.05. The molecule has 1 aliphatic heterocycles. The highest BCUT2D eigenvalue weighted by molar-refractivity contribution is 5.81. The Hall–Kier alpha value is -1.79. The summed E-state index contributed by atoms with van der Waals surface area (Å²) in [5.41, 5.74) is 7.43. The number of hydrogen-bond acceptors (Lipinski definition) is 5. The van der Waals surface area contributed by atoms with Gasteiger partial charge in [-0.1, -0.05) is 13.8 Å². The third kappa shape index (κ3) is 2.69. The topological polar surface area (TPSA) is 71.5 Å². The predicted octanol–water partition coefficient (Wildman–Crippen LogP) is 1.86. The molecule has 0 spiro atoms. The molecule has 0 aliphatic carbocycles. The first kappa shape index (κ1) is 14.2. The van der Waals surface area contributed by atoms with E-state index in [0.29, 0.717) is 25.7 Å². The highest BCUT2D eigenvalue weighted by Crippen LogP contribution is 2.36. The Balaban J connectivity index is 1.96. The summed E-state index contributed by atoms with van der Waals surface area (Å²) in [6.45, 7) is 7.05. The van der Waals surface area contributed by atoms with Crippen molar-refractivity contribution in [1.29, 1.82) is 0 Å². The summed E-state index contributed by atoms with van der Waals surface area (Å²) in [6.07, 6.45) is 0. The Labute approximate surface area is 123 Å². The van der Waals surface area contributed by atoms with Gasteiger partial charge in [-0.05, 0) is 0 Å². The van der Waals surface area contributed by atoms with Crippen LogP contribution in [0.5, 0.6) is 11.5 Å². The number of fused-ring (bicyclic) bond motifs is 2. The van der Waals surface area contributed by atoms with E-state index in [1.807, 2.05) is 12.1 Å². The first-order valence-electron chi connectivity index (χ1n) is 7.28. The van der Waals surface area contributed by atoms with E-state index in [4.69, 9.17) is 24.9 Å². The van der Waals surface area contributed by atoms with Gasteiger partial charge in [0.05, 0.1) is 24.2 Å². The van der Waals surface area contributed by atoms with E-state index < -0.39 is 0 Å². The monoisotopic (exact) mass is 291 g/mol. The standard InChI is InChI=1S/C15H21N3O3/c1-10(2)15-17-11-7-13-14(21-9-20-13)8-12(11)18(15)4-6-19-5-3-16/h7-8,10H,3-6,9,16H2,1-2H3. The fraction of sp³-hybridized carbons (Fsp3) is 0.533. The van der Waals surface area contributed by atoms with Crippen molar-refractivity contribution in [1.82, 2.24) is 9.55 Å². The SMILES string of the molecule is CC(C)c1nc2cc3c(cc2n1CCOCCN)OCO3. The Kier molecular flexibility index (Phi) is 3.98. The number of ether oxygens (including phenoxy) is 3. The van der Waals surface area contributed by atoms with Gasteiger partial charge in [-0.2, -0.15) is 0 Å². The maximum Gasteiger partial charge on any atom is 0.231 e. The van der Waals surface area contributed by atoms with Crippen molar-refractivity contribution in [3.63, 3.8) is 0 Å². The summed E-state index contributed by atoms with van der Waals surface area (Å²) in [7, 11) is 0. The maximum absolute atomic E-state index is 5.50. The zero-order valence-corrected chi connectivity index (χ0v) is 12.5. The lowest BCUT2D eigenvalue weighted by Gasteiger charge is -2.11. The molecule has 1 aromatic heterocycles. The molecule has 1 aromatic carbocycles. The highest BCUT2D eigenvalue weighted by Gasteiger charge is 2.20. The fourth-order valence-electron chi connectivity index (χ4n) is 2.55. The molecule has 6 heteroatoms. The number of imidazole rings is 1. The van der Waals surface area contributed by atoms with Crippen molar-refractivity contribution in [2.45, 2.75) is 26.3 Å². The van der Waals surface area contributed by atoms with Gasteiger partial charge in [0, 0.05) is 31.1 Å². The van der Waals surface area contributed by atoms with Crippen LogP contribution in [0.25, 0.3) is 11.0 Å². The predicted molar refractivity (Wildman–Crippen MR) is 79.8 cm³/mol. The summed E-state index contributed by atoms with van der Waals surface area (Å²) in [5, 5.41) is 0. The number of nitrogens with two attached hydrogens (primary N) is 1. The molecule has 0 saturated carbocycles. The van der Waals surface area contributed by atoms with Crippen LogP contribution in [-0.4, -0.2) is 36.1 Å². The van der Waals surface area contributed by atoms with E-state index >= 15 is 0 Å². The lowest BCUT2D eigenvalue weighted by atomic mass is 10.2. The summed E-state index contributed by atoms with van der Waals surface area (Å²) in [6, 6.07) is 3.94. The first-order valence-corrected chi connectivity index (χ1v) is 7.28. The van der Waals surface area contributed by atoms with Gasteiger partial charge >= 0.3 is 0 Å². The minimum Gasteiger partial charge on any atom is -0.454 e. The van der Waals surface area contributed by atoms with Crippen LogP contribution >= 0.6 is 0 Å². The largest absolute Gasteiger partial charge is 0.454 e. The molecule has 2 aromatic rings. The van der Waals surface area contributed by atoms with Crippen LogP contribution in [0, 0.1) is 0 Å². The summed E-state index contributed by atoms with van der Waals surface area (Å²) in [5.74, 6) is 2.93. The van der Waals surface area contributed by atoms with E-state index in [9.17, 15) is 0 Å². The van der Waals surface area contributed by atoms with Crippen LogP contribution in [0.3, 0.4) is 0 Å². The minimum atomic E-state index is 0.276. The van der Waals surface area contributed by atoms with Gasteiger partial charge in [0.25, 0.3) is 0 Å². The molecule has 0 fully saturated rings. The zero-order valence-electron chi connectivity index (χ0n) is 12.5. The summed E-state index contributed by atoms with van der Waals surface area (Å²) >= 11 is 0. The minimum absolute atomic E-state index is 0.276. The third-order valence-corrected chi connectivity index (χ3v) is 3.51. The van der Waals surface area contributed by atoms with Crippen molar-refractivity contribution < 1.29 is 14.2 Å². The second kappa shape index (κ2) is 5.91. The molecule has 2 N–H and O–H groups in total. The van der Waals surface area contributed by atoms with Crippen LogP contribution in [-0.2, 0) is 11.3 Å². The Morgan fingerprint density at radius 1 is 1.29 bits per heavy atom. The molecule has 1 aliphatic rings. The number of aromatic nitrogens is 2. The molecule has 114 valence electrons. The van der Waals surface area contributed by atoms with Crippen LogP contribution in [0.1, 0.15) is 25.6 Å². The van der Waals surface area contributed by atoms with Gasteiger partial charge in [0.1, 0.15) is 5.82 Å². The van der Waals surface area contributed by atoms with Crippen molar-refractivity contribution in [3.8, 4) is 11.5 Å². The lowest BCUT2D eigenvalue weighted by molar-refractivity contribution is 0.133. The van der Waals surface area contributed by atoms with Gasteiger partial charge < -0.3 is 24.5 Å². The molecular weight excluding hydrogens is 270 g/mol. The molecule has 0 radical (unpaired) electrons. The van der Waals surface area contributed by atoms with Crippen molar-refractivity contribution in [2.24, 2.45) is 5.73 Å². The molecule has 0 saturated heterocycles. The van der Waals surface area contributed by atoms with E-state index in [2.05, 4.69) is 18.4 Å². The van der Waals surface area contributed by atoms with Crippen LogP contribution in [0.2, 0.25) is 0 Å². The molecule has 21 heavy (non-hydrogen) atoms. The van der Waals surface area contributed by atoms with Crippen molar-refractivity contribution in [2.75, 3.05) is 26.6 Å². The quantitative estimate of drug-likeness (QED) is 0.823. The molecular formula is C15H21N3O3. The zero-order chi connectivity index (χ0) is 14.8. The van der Waals surface area contributed by atoms with Gasteiger partial charge in [0.15, 0.2) is 11.5 Å². The Bertz CT molecular complexity index is 637. The van der Waals surface area contributed by atoms with Gasteiger partial charge in [0.2, 0.25) is 6.79 Å². The van der Waals surface area contributed by atoms with Crippen LogP contribution in [0.4, 0.5) is 0 Å².